The Kier molecular flexibility index (Phi) is 3.06. The van der Waals surface area contributed by atoms with Crippen molar-refractivity contribution in [2.75, 3.05) is 0 Å². The molecule has 0 aliphatic rings. The molecule has 6 heteroatoms. The Labute approximate surface area is 101 Å². The molecule has 0 amide bonds. The molecule has 0 radical (unpaired) electrons. The van der Waals surface area contributed by atoms with Gasteiger partial charge in [0.1, 0.15) is 4.83 Å². The Balaban J connectivity index is 2.37. The minimum atomic E-state index is -0.984. The topological polar surface area (TPSA) is 72.2 Å². The first kappa shape index (κ1) is 11.5. The van der Waals surface area contributed by atoms with Crippen LogP contribution in [0.2, 0.25) is 0 Å². The van der Waals surface area contributed by atoms with E-state index in [1.165, 1.54) is 35.2 Å². The van der Waals surface area contributed by atoms with Crippen molar-refractivity contribution in [3.8, 4) is 0 Å². The Morgan fingerprint density at radius 1 is 1.65 bits per heavy atom. The number of fused-ring (bicyclic) bond motifs is 1. The first-order valence-electron chi connectivity index (χ1n) is 4.92. The van der Waals surface area contributed by atoms with Crippen LogP contribution < -0.4 is 5.56 Å². The van der Waals surface area contributed by atoms with Crippen LogP contribution in [0.25, 0.3) is 10.2 Å². The van der Waals surface area contributed by atoms with E-state index in [9.17, 15) is 9.59 Å². The highest BCUT2D eigenvalue weighted by molar-refractivity contribution is 7.16. The van der Waals surface area contributed by atoms with E-state index in [1.807, 2.05) is 5.38 Å². The molecular weight excluding hydrogens is 240 g/mol. The van der Waals surface area contributed by atoms with Crippen molar-refractivity contribution < 1.29 is 9.90 Å². The lowest BCUT2D eigenvalue weighted by molar-refractivity contribution is -0.132. The number of carboxylic acid groups (broad SMARTS) is 1. The standard InChI is InChI=1S/C11H10N2O3S/c1-7(11(15)16)2-4-13-6-12-9-8(10(13)14)3-5-17-9/h2-3,5-6H,4H2,1H3,(H,15,16). The van der Waals surface area contributed by atoms with Crippen LogP contribution in [0, 0.1) is 0 Å². The molecule has 2 aromatic rings. The lowest BCUT2D eigenvalue weighted by atomic mass is 10.3. The van der Waals surface area contributed by atoms with Crippen molar-refractivity contribution in [1.82, 2.24) is 9.55 Å². The van der Waals surface area contributed by atoms with E-state index in [1.54, 1.807) is 6.07 Å². The molecule has 0 saturated heterocycles. The van der Waals surface area contributed by atoms with Gasteiger partial charge in [0.05, 0.1) is 11.7 Å². The van der Waals surface area contributed by atoms with Crippen molar-refractivity contribution in [2.45, 2.75) is 13.5 Å². The van der Waals surface area contributed by atoms with E-state index >= 15 is 0 Å². The summed E-state index contributed by atoms with van der Waals surface area (Å²) in [7, 11) is 0. The third-order valence-corrected chi connectivity index (χ3v) is 3.20. The van der Waals surface area contributed by atoms with Crippen LogP contribution in [0.5, 0.6) is 0 Å². The van der Waals surface area contributed by atoms with Gasteiger partial charge in [0.25, 0.3) is 5.56 Å². The molecule has 2 heterocycles. The van der Waals surface area contributed by atoms with Crippen molar-refractivity contribution >= 4 is 27.5 Å². The largest absolute Gasteiger partial charge is 0.478 e. The second kappa shape index (κ2) is 4.50. The second-order valence-corrected chi connectivity index (χ2v) is 4.43. The van der Waals surface area contributed by atoms with Gasteiger partial charge in [-0.3, -0.25) is 9.36 Å². The predicted molar refractivity (Wildman–Crippen MR) is 65.3 cm³/mol. The molecule has 0 spiro atoms. The summed E-state index contributed by atoms with van der Waals surface area (Å²) in [5.74, 6) is -0.984. The number of thiophene rings is 1. The Morgan fingerprint density at radius 3 is 3.12 bits per heavy atom. The van der Waals surface area contributed by atoms with Crippen LogP contribution in [0.1, 0.15) is 6.92 Å². The summed E-state index contributed by atoms with van der Waals surface area (Å²) in [6.45, 7) is 1.71. The summed E-state index contributed by atoms with van der Waals surface area (Å²) in [5, 5.41) is 11.1. The van der Waals surface area contributed by atoms with Gasteiger partial charge in [-0.15, -0.1) is 11.3 Å². The second-order valence-electron chi connectivity index (χ2n) is 3.53. The highest BCUT2D eigenvalue weighted by atomic mass is 32.1. The number of carboxylic acids is 1. The Bertz CT molecular complexity index is 654. The summed E-state index contributed by atoms with van der Waals surface area (Å²) in [5.41, 5.74) is 0.0630. The fourth-order valence-electron chi connectivity index (χ4n) is 1.35. The van der Waals surface area contributed by atoms with Gasteiger partial charge in [-0.2, -0.15) is 0 Å². The van der Waals surface area contributed by atoms with E-state index in [0.717, 1.165) is 0 Å². The SMILES string of the molecule is CC(=CCn1cnc2sccc2c1=O)C(=O)O. The lowest BCUT2D eigenvalue weighted by Crippen LogP contribution is -2.19. The van der Waals surface area contributed by atoms with E-state index in [0.29, 0.717) is 10.2 Å². The molecule has 0 aromatic carbocycles. The maximum atomic E-state index is 11.9. The molecule has 0 unspecified atom stereocenters. The highest BCUT2D eigenvalue weighted by Crippen LogP contribution is 2.13. The third-order valence-electron chi connectivity index (χ3n) is 2.38. The quantitative estimate of drug-likeness (QED) is 0.838. The summed E-state index contributed by atoms with van der Waals surface area (Å²) < 4.78 is 1.39. The summed E-state index contributed by atoms with van der Waals surface area (Å²) in [6.07, 6.45) is 2.93. The predicted octanol–water partition coefficient (Wildman–Crippen LogP) is 1.49. The fourth-order valence-corrected chi connectivity index (χ4v) is 2.07. The molecule has 5 nitrogen and oxygen atoms in total. The minimum absolute atomic E-state index is 0.148. The van der Waals surface area contributed by atoms with E-state index in [2.05, 4.69) is 4.98 Å². The van der Waals surface area contributed by atoms with E-state index in [-0.39, 0.29) is 17.7 Å². The normalized spacial score (nSPS) is 11.9. The molecule has 0 fully saturated rings. The monoisotopic (exact) mass is 250 g/mol. The van der Waals surface area contributed by atoms with Crippen molar-refractivity contribution in [2.24, 2.45) is 0 Å². The number of carbonyl (C=O) groups is 1. The number of rotatable bonds is 3. The van der Waals surface area contributed by atoms with Crippen LogP contribution in [-0.2, 0) is 11.3 Å². The van der Waals surface area contributed by atoms with Crippen LogP contribution in [-0.4, -0.2) is 20.6 Å². The maximum absolute atomic E-state index is 11.9. The molecule has 1 N–H and O–H groups in total. The number of hydrogen-bond donors (Lipinski definition) is 1. The van der Waals surface area contributed by atoms with Gasteiger partial charge in [0, 0.05) is 12.1 Å². The first-order valence-corrected chi connectivity index (χ1v) is 5.80. The summed E-state index contributed by atoms with van der Waals surface area (Å²) >= 11 is 1.41. The fraction of sp³-hybridized carbons (Fsp3) is 0.182. The van der Waals surface area contributed by atoms with Gasteiger partial charge >= 0.3 is 5.97 Å². The van der Waals surface area contributed by atoms with Gasteiger partial charge < -0.3 is 5.11 Å². The van der Waals surface area contributed by atoms with Gasteiger partial charge in [0.2, 0.25) is 0 Å². The van der Waals surface area contributed by atoms with Gasteiger partial charge in [-0.25, -0.2) is 9.78 Å². The Morgan fingerprint density at radius 2 is 2.41 bits per heavy atom. The maximum Gasteiger partial charge on any atom is 0.331 e. The number of aliphatic carboxylic acids is 1. The highest BCUT2D eigenvalue weighted by Gasteiger charge is 2.04. The molecule has 0 saturated carbocycles. The molecule has 0 aliphatic heterocycles. The molecule has 2 rings (SSSR count). The molecule has 0 bridgehead atoms. The van der Waals surface area contributed by atoms with Crippen molar-refractivity contribution in [3.05, 3.63) is 39.8 Å². The minimum Gasteiger partial charge on any atom is -0.478 e. The Hall–Kier alpha value is -1.95. The molecule has 0 atom stereocenters. The zero-order chi connectivity index (χ0) is 12.4. The molecule has 0 aliphatic carbocycles. The first-order chi connectivity index (χ1) is 8.09. The van der Waals surface area contributed by atoms with E-state index < -0.39 is 5.97 Å². The summed E-state index contributed by atoms with van der Waals surface area (Å²) in [4.78, 5) is 27.4. The zero-order valence-electron chi connectivity index (χ0n) is 9.08. The van der Waals surface area contributed by atoms with Crippen LogP contribution >= 0.6 is 11.3 Å². The third kappa shape index (κ3) is 2.26. The lowest BCUT2D eigenvalue weighted by Gasteiger charge is -2.01. The van der Waals surface area contributed by atoms with Crippen molar-refractivity contribution in [1.29, 1.82) is 0 Å². The number of hydrogen-bond acceptors (Lipinski definition) is 4. The number of aromatic nitrogens is 2. The van der Waals surface area contributed by atoms with Crippen LogP contribution in [0.15, 0.2) is 34.2 Å². The van der Waals surface area contributed by atoms with Crippen LogP contribution in [0.3, 0.4) is 0 Å². The summed E-state index contributed by atoms with van der Waals surface area (Å²) in [6, 6.07) is 1.72. The number of nitrogens with zero attached hydrogens (tertiary/aromatic N) is 2. The van der Waals surface area contributed by atoms with Crippen LogP contribution in [0.4, 0.5) is 0 Å². The molecule has 17 heavy (non-hydrogen) atoms. The number of allylic oxidation sites excluding steroid dienone is 1. The molecule has 88 valence electrons. The van der Waals surface area contributed by atoms with Gasteiger partial charge in [-0.1, -0.05) is 6.08 Å². The smallest absolute Gasteiger partial charge is 0.331 e. The van der Waals surface area contributed by atoms with Gasteiger partial charge in [-0.05, 0) is 18.4 Å². The van der Waals surface area contributed by atoms with Gasteiger partial charge in [0.15, 0.2) is 0 Å². The van der Waals surface area contributed by atoms with Crippen molar-refractivity contribution in [3.63, 3.8) is 0 Å². The molecule has 2 aromatic heterocycles. The average molecular weight is 250 g/mol. The van der Waals surface area contributed by atoms with E-state index in [4.69, 9.17) is 5.11 Å². The zero-order valence-corrected chi connectivity index (χ0v) is 9.90. The average Bonchev–Trinajstić information content (AvgIpc) is 2.76. The molecular formula is C11H10N2O3S.